The number of likely N-dealkylation sites (tertiary alicyclic amines) is 1. The molecule has 0 aliphatic carbocycles. The average Bonchev–Trinajstić information content (AvgIpc) is 3.45. The molecule has 0 saturated carbocycles. The molecule has 1 aromatic heterocycles. The average molecular weight is 411 g/mol. The number of amides is 2. The van der Waals surface area contributed by atoms with Crippen molar-refractivity contribution >= 4 is 17.5 Å². The first-order chi connectivity index (χ1) is 14.7. The summed E-state index contributed by atoms with van der Waals surface area (Å²) in [4.78, 5) is 33.6. The Morgan fingerprint density at radius 3 is 2.80 bits per heavy atom. The van der Waals surface area contributed by atoms with Crippen molar-refractivity contribution in [2.24, 2.45) is 0 Å². The maximum Gasteiger partial charge on any atom is 0.250 e. The second-order valence-corrected chi connectivity index (χ2v) is 8.36. The first kappa shape index (κ1) is 20.6. The molecule has 7 heteroatoms. The van der Waals surface area contributed by atoms with E-state index < -0.39 is 6.04 Å². The van der Waals surface area contributed by atoms with Gasteiger partial charge in [0.05, 0.1) is 32.4 Å². The van der Waals surface area contributed by atoms with Crippen molar-refractivity contribution in [3.05, 3.63) is 48.5 Å². The van der Waals surface area contributed by atoms with Crippen LogP contribution in [-0.2, 0) is 16.0 Å². The molecular weight excluding hydrogens is 378 g/mol. The monoisotopic (exact) mass is 410 g/mol. The summed E-state index contributed by atoms with van der Waals surface area (Å²) < 4.78 is 1.75. The molecule has 2 aliphatic rings. The Bertz CT molecular complexity index is 845. The molecule has 1 aromatic carbocycles. The van der Waals surface area contributed by atoms with Crippen LogP contribution in [0.15, 0.2) is 43.0 Å². The van der Waals surface area contributed by atoms with Gasteiger partial charge >= 0.3 is 0 Å². The summed E-state index contributed by atoms with van der Waals surface area (Å²) in [5.41, 5.74) is 2.14. The number of nitrogens with zero attached hydrogens (tertiary/aromatic N) is 3. The molecular formula is C23H32N5O2+. The van der Waals surface area contributed by atoms with Gasteiger partial charge in [0.1, 0.15) is 6.04 Å². The van der Waals surface area contributed by atoms with Crippen LogP contribution in [0.4, 0.5) is 5.69 Å². The van der Waals surface area contributed by atoms with Gasteiger partial charge in [0, 0.05) is 37.6 Å². The summed E-state index contributed by atoms with van der Waals surface area (Å²) >= 11 is 0. The standard InChI is InChI=1S/C23H31N5O2/c29-22(25-10-6-14-26-12-4-1-5-13-26)17-21(27-16-11-24-18-27)23(30)28-15-9-19-7-2-3-8-20(19)28/h2-3,7-8,11,16,18,21H,1,4-6,9-10,12-15,17H2,(H,25,29)/p+1. The number of quaternary nitrogens is 1. The van der Waals surface area contributed by atoms with E-state index in [4.69, 9.17) is 0 Å². The molecule has 0 radical (unpaired) electrons. The van der Waals surface area contributed by atoms with Gasteiger partial charge in [0.15, 0.2) is 0 Å². The van der Waals surface area contributed by atoms with Crippen molar-refractivity contribution < 1.29 is 14.5 Å². The first-order valence-corrected chi connectivity index (χ1v) is 11.2. The highest BCUT2D eigenvalue weighted by atomic mass is 16.2. The number of piperidine rings is 1. The maximum absolute atomic E-state index is 13.4. The number of imidazole rings is 1. The lowest BCUT2D eigenvalue weighted by atomic mass is 10.1. The SMILES string of the molecule is O=C(CC(C(=O)N1CCc2ccccc21)n1ccnc1)NCCC[NH+]1CCCCC1. The number of aromatic nitrogens is 2. The van der Waals surface area contributed by atoms with Crippen LogP contribution in [0.5, 0.6) is 0 Å². The van der Waals surface area contributed by atoms with Crippen LogP contribution >= 0.6 is 0 Å². The minimum atomic E-state index is -0.577. The highest BCUT2D eigenvalue weighted by Gasteiger charge is 2.32. The van der Waals surface area contributed by atoms with E-state index in [0.29, 0.717) is 13.1 Å². The van der Waals surface area contributed by atoms with Crippen molar-refractivity contribution in [1.29, 1.82) is 0 Å². The van der Waals surface area contributed by atoms with E-state index in [1.165, 1.54) is 37.9 Å². The summed E-state index contributed by atoms with van der Waals surface area (Å²) in [6.07, 6.45) is 11.0. The molecule has 160 valence electrons. The van der Waals surface area contributed by atoms with Crippen molar-refractivity contribution in [2.45, 2.75) is 44.6 Å². The summed E-state index contributed by atoms with van der Waals surface area (Å²) in [6, 6.07) is 7.42. The third-order valence-electron chi connectivity index (χ3n) is 6.29. The number of rotatable bonds is 8. The van der Waals surface area contributed by atoms with Gasteiger partial charge in [-0.05, 0) is 37.3 Å². The fraction of sp³-hybridized carbons (Fsp3) is 0.522. The molecule has 1 fully saturated rings. The van der Waals surface area contributed by atoms with Gasteiger partial charge < -0.3 is 19.7 Å². The lowest BCUT2D eigenvalue weighted by Crippen LogP contribution is -3.12. The number of hydrogen-bond donors (Lipinski definition) is 2. The van der Waals surface area contributed by atoms with Crippen LogP contribution in [0.25, 0.3) is 0 Å². The van der Waals surface area contributed by atoms with Crippen LogP contribution in [0.2, 0.25) is 0 Å². The largest absolute Gasteiger partial charge is 0.356 e. The van der Waals surface area contributed by atoms with Crippen LogP contribution in [-0.4, -0.2) is 54.1 Å². The molecule has 1 atom stereocenters. The number of carbonyl (C=O) groups is 2. The molecule has 1 saturated heterocycles. The fourth-order valence-electron chi connectivity index (χ4n) is 4.64. The summed E-state index contributed by atoms with van der Waals surface area (Å²) in [5, 5.41) is 3.02. The van der Waals surface area contributed by atoms with Gasteiger partial charge in [-0.2, -0.15) is 0 Å². The Hall–Kier alpha value is -2.67. The number of nitrogens with one attached hydrogen (secondary N) is 2. The van der Waals surface area contributed by atoms with Crippen molar-refractivity contribution in [1.82, 2.24) is 14.9 Å². The molecule has 3 heterocycles. The summed E-state index contributed by atoms with van der Waals surface area (Å²) in [5.74, 6) is -0.131. The van der Waals surface area contributed by atoms with Crippen LogP contribution in [0.3, 0.4) is 0 Å². The topological polar surface area (TPSA) is 71.7 Å². The van der Waals surface area contributed by atoms with E-state index in [-0.39, 0.29) is 18.2 Å². The van der Waals surface area contributed by atoms with Gasteiger partial charge in [-0.15, -0.1) is 0 Å². The molecule has 2 amide bonds. The molecule has 1 unspecified atom stereocenters. The number of hydrogen-bond acceptors (Lipinski definition) is 3. The van der Waals surface area contributed by atoms with E-state index >= 15 is 0 Å². The Morgan fingerprint density at radius 1 is 1.17 bits per heavy atom. The summed E-state index contributed by atoms with van der Waals surface area (Å²) in [6.45, 7) is 4.93. The molecule has 7 nitrogen and oxygen atoms in total. The smallest absolute Gasteiger partial charge is 0.250 e. The van der Waals surface area contributed by atoms with E-state index in [1.54, 1.807) is 28.2 Å². The number of benzene rings is 1. The number of anilines is 1. The molecule has 0 bridgehead atoms. The minimum Gasteiger partial charge on any atom is -0.356 e. The predicted octanol–water partition coefficient (Wildman–Crippen LogP) is 0.979. The lowest BCUT2D eigenvalue weighted by molar-refractivity contribution is -0.904. The molecule has 0 spiro atoms. The highest BCUT2D eigenvalue weighted by Crippen LogP contribution is 2.30. The van der Waals surface area contributed by atoms with E-state index in [2.05, 4.69) is 16.4 Å². The van der Waals surface area contributed by atoms with Crippen molar-refractivity contribution in [3.63, 3.8) is 0 Å². The number of fused-ring (bicyclic) bond motifs is 1. The van der Waals surface area contributed by atoms with Crippen LogP contribution < -0.4 is 15.1 Å². The van der Waals surface area contributed by atoms with Gasteiger partial charge in [0.2, 0.25) is 5.91 Å². The Kier molecular flexibility index (Phi) is 6.79. The summed E-state index contributed by atoms with van der Waals surface area (Å²) in [7, 11) is 0. The van der Waals surface area contributed by atoms with E-state index in [1.807, 2.05) is 23.1 Å². The quantitative estimate of drug-likeness (QED) is 0.638. The third-order valence-corrected chi connectivity index (χ3v) is 6.29. The van der Waals surface area contributed by atoms with Crippen molar-refractivity contribution in [3.8, 4) is 0 Å². The van der Waals surface area contributed by atoms with Crippen molar-refractivity contribution in [2.75, 3.05) is 37.6 Å². The molecule has 2 aromatic rings. The zero-order chi connectivity index (χ0) is 20.8. The van der Waals surface area contributed by atoms with Gasteiger partial charge in [0.25, 0.3) is 5.91 Å². The fourth-order valence-corrected chi connectivity index (χ4v) is 4.64. The zero-order valence-electron chi connectivity index (χ0n) is 17.6. The highest BCUT2D eigenvalue weighted by molar-refractivity contribution is 6.00. The van der Waals surface area contributed by atoms with Gasteiger partial charge in [-0.25, -0.2) is 4.98 Å². The first-order valence-electron chi connectivity index (χ1n) is 11.2. The molecule has 4 rings (SSSR count). The Morgan fingerprint density at radius 2 is 2.00 bits per heavy atom. The number of para-hydroxylation sites is 1. The molecule has 2 aliphatic heterocycles. The molecule has 30 heavy (non-hydrogen) atoms. The number of carbonyl (C=O) groups excluding carboxylic acids is 2. The van der Waals surface area contributed by atoms with E-state index in [0.717, 1.165) is 25.1 Å². The minimum absolute atomic E-state index is 0.0501. The second-order valence-electron chi connectivity index (χ2n) is 8.36. The van der Waals surface area contributed by atoms with Crippen LogP contribution in [0, 0.1) is 0 Å². The molecule has 2 N–H and O–H groups in total. The Balaban J connectivity index is 1.34. The zero-order valence-corrected chi connectivity index (χ0v) is 17.6. The normalized spacial score (nSPS) is 17.5. The maximum atomic E-state index is 13.4. The third kappa shape index (κ3) is 4.90. The van der Waals surface area contributed by atoms with Gasteiger partial charge in [-0.3, -0.25) is 9.59 Å². The predicted molar refractivity (Wildman–Crippen MR) is 115 cm³/mol. The van der Waals surface area contributed by atoms with Crippen LogP contribution in [0.1, 0.15) is 43.7 Å². The van der Waals surface area contributed by atoms with E-state index in [9.17, 15) is 9.59 Å². The second kappa shape index (κ2) is 9.89. The Labute approximate surface area is 178 Å². The van der Waals surface area contributed by atoms with Gasteiger partial charge in [-0.1, -0.05) is 18.2 Å². The lowest BCUT2D eigenvalue weighted by Gasteiger charge is -2.25.